The third-order valence-electron chi connectivity index (χ3n) is 4.14. The normalized spacial score (nSPS) is 10.1. The number of carbonyl (C=O) groups is 3. The van der Waals surface area contributed by atoms with Gasteiger partial charge in [0.25, 0.3) is 11.8 Å². The molecule has 3 amide bonds. The van der Waals surface area contributed by atoms with Crippen LogP contribution < -0.4 is 20.9 Å². The second-order valence-electron chi connectivity index (χ2n) is 6.57. The van der Waals surface area contributed by atoms with Crippen molar-refractivity contribution >= 4 is 23.4 Å². The molecule has 0 fully saturated rings. The fourth-order valence-corrected chi connectivity index (χ4v) is 2.65. The van der Waals surface area contributed by atoms with Crippen molar-refractivity contribution in [3.05, 3.63) is 59.7 Å². The van der Waals surface area contributed by atoms with Gasteiger partial charge in [0.05, 0.1) is 12.2 Å². The predicted octanol–water partition coefficient (Wildman–Crippen LogP) is 3.68. The van der Waals surface area contributed by atoms with Crippen molar-refractivity contribution in [1.82, 2.24) is 10.9 Å². The van der Waals surface area contributed by atoms with Crippen LogP contribution >= 0.6 is 0 Å². The molecule has 0 spiro atoms. The average Bonchev–Trinajstić information content (AvgIpc) is 2.72. The summed E-state index contributed by atoms with van der Waals surface area (Å²) in [5.41, 5.74) is 6.08. The van der Waals surface area contributed by atoms with Crippen molar-refractivity contribution in [3.8, 4) is 5.75 Å². The molecule has 0 aliphatic rings. The van der Waals surface area contributed by atoms with Crippen LogP contribution in [0.4, 0.5) is 5.69 Å². The van der Waals surface area contributed by atoms with Gasteiger partial charge in [-0.2, -0.15) is 0 Å². The number of hydrazine groups is 1. The first-order valence-electron chi connectivity index (χ1n) is 9.71. The topological polar surface area (TPSA) is 96.5 Å². The number of rotatable bonds is 9. The van der Waals surface area contributed by atoms with E-state index >= 15 is 0 Å². The Kier molecular flexibility index (Phi) is 8.69. The summed E-state index contributed by atoms with van der Waals surface area (Å²) in [4.78, 5) is 35.7. The highest BCUT2D eigenvalue weighted by Gasteiger charge is 2.13. The summed E-state index contributed by atoms with van der Waals surface area (Å²) in [6.45, 7) is 4.09. The van der Waals surface area contributed by atoms with Crippen LogP contribution in [0.25, 0.3) is 0 Å². The van der Waals surface area contributed by atoms with Gasteiger partial charge in [-0.15, -0.1) is 0 Å². The van der Waals surface area contributed by atoms with E-state index in [0.29, 0.717) is 29.2 Å². The molecule has 3 N–H and O–H groups in total. The molecule has 7 nitrogen and oxygen atoms in total. The Hall–Kier alpha value is -3.35. The van der Waals surface area contributed by atoms with Gasteiger partial charge in [-0.05, 0) is 42.8 Å². The van der Waals surface area contributed by atoms with Gasteiger partial charge in [0.2, 0.25) is 5.91 Å². The molecule has 29 heavy (non-hydrogen) atoms. The van der Waals surface area contributed by atoms with E-state index < -0.39 is 11.8 Å². The smallest absolute Gasteiger partial charge is 0.273 e. The number of nitrogens with one attached hydrogen (secondary N) is 3. The molecule has 0 saturated heterocycles. The van der Waals surface area contributed by atoms with E-state index in [4.69, 9.17) is 4.74 Å². The van der Waals surface area contributed by atoms with Crippen molar-refractivity contribution in [3.63, 3.8) is 0 Å². The lowest BCUT2D eigenvalue weighted by Crippen LogP contribution is -2.41. The van der Waals surface area contributed by atoms with Crippen molar-refractivity contribution in [2.45, 2.75) is 39.5 Å². The van der Waals surface area contributed by atoms with Crippen molar-refractivity contribution < 1.29 is 19.1 Å². The summed E-state index contributed by atoms with van der Waals surface area (Å²) in [6.07, 6.45) is 4.31. The van der Waals surface area contributed by atoms with Crippen LogP contribution in [0, 0.1) is 0 Å². The highest BCUT2D eigenvalue weighted by atomic mass is 16.5. The van der Waals surface area contributed by atoms with Crippen LogP contribution in [0.2, 0.25) is 0 Å². The van der Waals surface area contributed by atoms with Gasteiger partial charge < -0.3 is 10.1 Å². The number of unbranched alkanes of at least 4 members (excludes halogenated alkanes) is 3. The Morgan fingerprint density at radius 3 is 2.24 bits per heavy atom. The molecule has 0 aliphatic carbocycles. The second-order valence-corrected chi connectivity index (χ2v) is 6.57. The third-order valence-corrected chi connectivity index (χ3v) is 4.14. The molecule has 0 atom stereocenters. The largest absolute Gasteiger partial charge is 0.493 e. The minimum Gasteiger partial charge on any atom is -0.493 e. The van der Waals surface area contributed by atoms with Gasteiger partial charge in [0, 0.05) is 18.2 Å². The second kappa shape index (κ2) is 11.5. The maximum absolute atomic E-state index is 12.5. The van der Waals surface area contributed by atoms with Crippen LogP contribution in [0.15, 0.2) is 48.5 Å². The van der Waals surface area contributed by atoms with Crippen LogP contribution in [0.3, 0.4) is 0 Å². The Balaban J connectivity index is 1.90. The predicted molar refractivity (Wildman–Crippen MR) is 112 cm³/mol. The molecule has 0 aliphatic heterocycles. The summed E-state index contributed by atoms with van der Waals surface area (Å²) in [7, 11) is 0. The van der Waals surface area contributed by atoms with E-state index in [1.165, 1.54) is 6.92 Å². The van der Waals surface area contributed by atoms with Crippen LogP contribution in [0.1, 0.15) is 60.2 Å². The van der Waals surface area contributed by atoms with Gasteiger partial charge >= 0.3 is 0 Å². The van der Waals surface area contributed by atoms with E-state index in [9.17, 15) is 14.4 Å². The molecule has 0 unspecified atom stereocenters. The van der Waals surface area contributed by atoms with Gasteiger partial charge in [0.1, 0.15) is 5.75 Å². The molecule has 154 valence electrons. The summed E-state index contributed by atoms with van der Waals surface area (Å²) in [5, 5.41) is 2.62. The maximum atomic E-state index is 12.5. The Morgan fingerprint density at radius 1 is 0.862 bits per heavy atom. The lowest BCUT2D eigenvalue weighted by Gasteiger charge is -2.12. The molecule has 2 aromatic carbocycles. The SMILES string of the molecule is CCCCCCOc1ccccc1C(=O)NNC(=O)c1ccc(NC(C)=O)cc1. The number of para-hydroxylation sites is 1. The molecule has 0 aromatic heterocycles. The number of amides is 3. The standard InChI is InChI=1S/C22H27N3O4/c1-3-4-5-8-15-29-20-10-7-6-9-19(20)22(28)25-24-21(27)17-11-13-18(14-12-17)23-16(2)26/h6-7,9-14H,3-5,8,15H2,1-2H3,(H,23,26)(H,24,27)(H,25,28). The van der Waals surface area contributed by atoms with Gasteiger partial charge in [-0.25, -0.2) is 0 Å². The highest BCUT2D eigenvalue weighted by molar-refractivity contribution is 6.00. The fraction of sp³-hybridized carbons (Fsp3) is 0.318. The van der Waals surface area contributed by atoms with E-state index in [0.717, 1.165) is 25.7 Å². The molecule has 2 aromatic rings. The molecule has 0 saturated carbocycles. The van der Waals surface area contributed by atoms with Crippen molar-refractivity contribution in [1.29, 1.82) is 0 Å². The van der Waals surface area contributed by atoms with E-state index in [-0.39, 0.29) is 5.91 Å². The zero-order valence-corrected chi connectivity index (χ0v) is 16.8. The number of hydrogen-bond donors (Lipinski definition) is 3. The lowest BCUT2D eigenvalue weighted by molar-refractivity contribution is -0.114. The monoisotopic (exact) mass is 397 g/mol. The van der Waals surface area contributed by atoms with Gasteiger partial charge in [-0.1, -0.05) is 38.3 Å². The van der Waals surface area contributed by atoms with Crippen molar-refractivity contribution in [2.75, 3.05) is 11.9 Å². The fourth-order valence-electron chi connectivity index (χ4n) is 2.65. The number of carbonyl (C=O) groups excluding carboxylic acids is 3. The number of anilines is 1. The first-order valence-corrected chi connectivity index (χ1v) is 9.71. The van der Waals surface area contributed by atoms with Crippen LogP contribution in [-0.2, 0) is 4.79 Å². The molecule has 0 radical (unpaired) electrons. The lowest BCUT2D eigenvalue weighted by atomic mass is 10.2. The summed E-state index contributed by atoms with van der Waals surface area (Å²) < 4.78 is 5.73. The van der Waals surface area contributed by atoms with Crippen LogP contribution in [-0.4, -0.2) is 24.3 Å². The highest BCUT2D eigenvalue weighted by Crippen LogP contribution is 2.18. The quantitative estimate of drug-likeness (QED) is 0.444. The molecular weight excluding hydrogens is 370 g/mol. The zero-order valence-electron chi connectivity index (χ0n) is 16.8. The molecule has 7 heteroatoms. The van der Waals surface area contributed by atoms with Gasteiger partial charge in [-0.3, -0.25) is 25.2 Å². The van der Waals surface area contributed by atoms with Gasteiger partial charge in [0.15, 0.2) is 0 Å². The van der Waals surface area contributed by atoms with Crippen molar-refractivity contribution in [2.24, 2.45) is 0 Å². The summed E-state index contributed by atoms with van der Waals surface area (Å²) >= 11 is 0. The van der Waals surface area contributed by atoms with Crippen LogP contribution in [0.5, 0.6) is 5.75 Å². The molecule has 0 heterocycles. The molecule has 2 rings (SSSR count). The van der Waals surface area contributed by atoms with E-state index in [1.807, 2.05) is 0 Å². The minimum absolute atomic E-state index is 0.194. The molecule has 0 bridgehead atoms. The summed E-state index contributed by atoms with van der Waals surface area (Å²) in [5.74, 6) is -0.640. The Morgan fingerprint density at radius 2 is 1.55 bits per heavy atom. The number of ether oxygens (including phenoxy) is 1. The van der Waals surface area contributed by atoms with E-state index in [1.54, 1.807) is 48.5 Å². The Labute approximate surface area is 170 Å². The molecular formula is C22H27N3O4. The number of hydrogen-bond acceptors (Lipinski definition) is 4. The Bertz CT molecular complexity index is 834. The zero-order chi connectivity index (χ0) is 21.1. The summed E-state index contributed by atoms with van der Waals surface area (Å²) in [6, 6.07) is 13.2. The average molecular weight is 397 g/mol. The minimum atomic E-state index is -0.467. The number of benzene rings is 2. The maximum Gasteiger partial charge on any atom is 0.273 e. The third kappa shape index (κ3) is 7.29. The van der Waals surface area contributed by atoms with E-state index in [2.05, 4.69) is 23.1 Å². The first-order chi connectivity index (χ1) is 14.0. The first kappa shape index (κ1) is 21.9.